The van der Waals surface area contributed by atoms with Gasteiger partial charge in [0.05, 0.1) is 5.02 Å². The SMILES string of the molecule is CN(c1ncccn1)C1CCCN(Cc2ccc(Cl)c(F)c2)C1. The molecule has 0 N–H and O–H groups in total. The number of likely N-dealkylation sites (N-methyl/N-ethyl adjacent to an activating group) is 1. The molecule has 122 valence electrons. The largest absolute Gasteiger partial charge is 0.340 e. The summed E-state index contributed by atoms with van der Waals surface area (Å²) < 4.78 is 13.6. The number of benzene rings is 1. The fourth-order valence-corrected chi connectivity index (χ4v) is 3.14. The van der Waals surface area contributed by atoms with Gasteiger partial charge in [0.15, 0.2) is 0 Å². The van der Waals surface area contributed by atoms with Gasteiger partial charge in [-0.25, -0.2) is 14.4 Å². The highest BCUT2D eigenvalue weighted by Gasteiger charge is 2.24. The molecule has 1 fully saturated rings. The average molecular weight is 335 g/mol. The van der Waals surface area contributed by atoms with E-state index in [1.54, 1.807) is 18.5 Å². The monoisotopic (exact) mass is 334 g/mol. The molecule has 1 saturated heterocycles. The highest BCUT2D eigenvalue weighted by Crippen LogP contribution is 2.21. The summed E-state index contributed by atoms with van der Waals surface area (Å²) in [5, 5.41) is 0.172. The topological polar surface area (TPSA) is 32.3 Å². The molecular formula is C17H20ClFN4. The summed E-state index contributed by atoms with van der Waals surface area (Å²) in [7, 11) is 2.03. The summed E-state index contributed by atoms with van der Waals surface area (Å²) in [5.41, 5.74) is 0.950. The zero-order valence-electron chi connectivity index (χ0n) is 13.1. The third-order valence-electron chi connectivity index (χ3n) is 4.29. The van der Waals surface area contributed by atoms with E-state index in [4.69, 9.17) is 11.6 Å². The second kappa shape index (κ2) is 7.23. The predicted molar refractivity (Wildman–Crippen MR) is 90.1 cm³/mol. The van der Waals surface area contributed by atoms with Crippen LogP contribution in [0.15, 0.2) is 36.7 Å². The Morgan fingerprint density at radius 1 is 1.35 bits per heavy atom. The van der Waals surface area contributed by atoms with Crippen LogP contribution in [-0.2, 0) is 6.54 Å². The second-order valence-electron chi connectivity index (χ2n) is 5.94. The molecule has 0 saturated carbocycles. The van der Waals surface area contributed by atoms with Crippen molar-refractivity contribution in [2.24, 2.45) is 0 Å². The lowest BCUT2D eigenvalue weighted by atomic mass is 10.0. The smallest absolute Gasteiger partial charge is 0.225 e. The van der Waals surface area contributed by atoms with Crippen molar-refractivity contribution in [3.63, 3.8) is 0 Å². The quantitative estimate of drug-likeness (QED) is 0.858. The predicted octanol–water partition coefficient (Wildman–Crippen LogP) is 3.37. The van der Waals surface area contributed by atoms with Crippen molar-refractivity contribution in [3.05, 3.63) is 53.1 Å². The number of halogens is 2. The van der Waals surface area contributed by atoms with E-state index >= 15 is 0 Å². The van der Waals surface area contributed by atoms with Crippen molar-refractivity contribution in [2.45, 2.75) is 25.4 Å². The van der Waals surface area contributed by atoms with Gasteiger partial charge in [-0.15, -0.1) is 0 Å². The maximum atomic E-state index is 13.6. The Balaban J connectivity index is 1.65. The van der Waals surface area contributed by atoms with Gasteiger partial charge in [-0.05, 0) is 43.1 Å². The number of anilines is 1. The Labute approximate surface area is 140 Å². The van der Waals surface area contributed by atoms with Crippen LogP contribution in [0.5, 0.6) is 0 Å². The summed E-state index contributed by atoms with van der Waals surface area (Å²) in [4.78, 5) is 13.1. The van der Waals surface area contributed by atoms with E-state index in [-0.39, 0.29) is 10.8 Å². The number of hydrogen-bond acceptors (Lipinski definition) is 4. The summed E-state index contributed by atoms with van der Waals surface area (Å²) in [6, 6.07) is 7.22. The van der Waals surface area contributed by atoms with E-state index in [1.807, 2.05) is 19.2 Å². The second-order valence-corrected chi connectivity index (χ2v) is 6.35. The fourth-order valence-electron chi connectivity index (χ4n) is 3.02. The Morgan fingerprint density at radius 2 is 2.13 bits per heavy atom. The van der Waals surface area contributed by atoms with Crippen LogP contribution in [0.25, 0.3) is 0 Å². The lowest BCUT2D eigenvalue weighted by Crippen LogP contribution is -2.46. The van der Waals surface area contributed by atoms with E-state index in [0.29, 0.717) is 6.04 Å². The maximum absolute atomic E-state index is 13.6. The van der Waals surface area contributed by atoms with Crippen LogP contribution in [0, 0.1) is 5.82 Å². The van der Waals surface area contributed by atoms with E-state index in [9.17, 15) is 4.39 Å². The van der Waals surface area contributed by atoms with Gasteiger partial charge >= 0.3 is 0 Å². The van der Waals surface area contributed by atoms with Gasteiger partial charge in [0.1, 0.15) is 5.82 Å². The first-order chi connectivity index (χ1) is 11.1. The minimum absolute atomic E-state index is 0.172. The number of piperidine rings is 1. The molecule has 0 amide bonds. The number of nitrogens with zero attached hydrogens (tertiary/aromatic N) is 4. The minimum Gasteiger partial charge on any atom is -0.340 e. The molecular weight excluding hydrogens is 315 g/mol. The summed E-state index contributed by atoms with van der Waals surface area (Å²) in [6.45, 7) is 2.66. The molecule has 6 heteroatoms. The Bertz CT molecular complexity index is 652. The van der Waals surface area contributed by atoms with E-state index < -0.39 is 0 Å². The molecule has 4 nitrogen and oxygen atoms in total. The lowest BCUT2D eigenvalue weighted by Gasteiger charge is -2.37. The molecule has 1 aliphatic rings. The number of rotatable bonds is 4. The summed E-state index contributed by atoms with van der Waals surface area (Å²) >= 11 is 5.75. The van der Waals surface area contributed by atoms with Crippen molar-refractivity contribution in [1.29, 1.82) is 0 Å². The fraction of sp³-hybridized carbons (Fsp3) is 0.412. The minimum atomic E-state index is -0.354. The molecule has 0 bridgehead atoms. The number of likely N-dealkylation sites (tertiary alicyclic amines) is 1. The molecule has 1 aromatic heterocycles. The molecule has 2 heterocycles. The van der Waals surface area contributed by atoms with Gasteiger partial charge < -0.3 is 4.90 Å². The molecule has 1 atom stereocenters. The molecule has 2 aromatic rings. The molecule has 3 rings (SSSR count). The molecule has 0 aliphatic carbocycles. The van der Waals surface area contributed by atoms with Gasteiger partial charge in [0.25, 0.3) is 0 Å². The van der Waals surface area contributed by atoms with Gasteiger partial charge in [-0.1, -0.05) is 17.7 Å². The zero-order valence-corrected chi connectivity index (χ0v) is 13.9. The van der Waals surface area contributed by atoms with Gasteiger partial charge in [0.2, 0.25) is 5.95 Å². The third-order valence-corrected chi connectivity index (χ3v) is 4.59. The third kappa shape index (κ3) is 3.98. The molecule has 23 heavy (non-hydrogen) atoms. The zero-order chi connectivity index (χ0) is 16.2. The maximum Gasteiger partial charge on any atom is 0.225 e. The van der Waals surface area contributed by atoms with Crippen LogP contribution in [0.4, 0.5) is 10.3 Å². The van der Waals surface area contributed by atoms with Crippen molar-refractivity contribution in [1.82, 2.24) is 14.9 Å². The van der Waals surface area contributed by atoms with Crippen molar-refractivity contribution in [2.75, 3.05) is 25.0 Å². The molecule has 1 aliphatic heterocycles. The van der Waals surface area contributed by atoms with Crippen molar-refractivity contribution < 1.29 is 4.39 Å². The highest BCUT2D eigenvalue weighted by atomic mass is 35.5. The first kappa shape index (κ1) is 16.1. The van der Waals surface area contributed by atoms with E-state index in [1.165, 1.54) is 6.07 Å². The van der Waals surface area contributed by atoms with Crippen LogP contribution < -0.4 is 4.90 Å². The van der Waals surface area contributed by atoms with Crippen LogP contribution in [0.1, 0.15) is 18.4 Å². The van der Waals surface area contributed by atoms with Crippen LogP contribution in [0.2, 0.25) is 5.02 Å². The Morgan fingerprint density at radius 3 is 2.87 bits per heavy atom. The molecule has 1 aromatic carbocycles. The summed E-state index contributed by atoms with van der Waals surface area (Å²) in [5.74, 6) is 0.393. The van der Waals surface area contributed by atoms with Crippen LogP contribution >= 0.6 is 11.6 Å². The van der Waals surface area contributed by atoms with Gasteiger partial charge in [0, 0.05) is 38.6 Å². The van der Waals surface area contributed by atoms with Crippen LogP contribution in [-0.4, -0.2) is 41.0 Å². The Kier molecular flexibility index (Phi) is 5.08. The molecule has 1 unspecified atom stereocenters. The van der Waals surface area contributed by atoms with Crippen LogP contribution in [0.3, 0.4) is 0 Å². The molecule has 0 radical (unpaired) electrons. The summed E-state index contributed by atoms with van der Waals surface area (Å²) in [6.07, 6.45) is 5.74. The molecule has 0 spiro atoms. The van der Waals surface area contributed by atoms with E-state index in [2.05, 4.69) is 19.8 Å². The van der Waals surface area contributed by atoms with Crippen molar-refractivity contribution in [3.8, 4) is 0 Å². The number of aromatic nitrogens is 2. The Hall–Kier alpha value is -1.72. The van der Waals surface area contributed by atoms with E-state index in [0.717, 1.165) is 44.0 Å². The average Bonchev–Trinajstić information content (AvgIpc) is 2.58. The lowest BCUT2D eigenvalue weighted by molar-refractivity contribution is 0.198. The van der Waals surface area contributed by atoms with Gasteiger partial charge in [-0.2, -0.15) is 0 Å². The first-order valence-electron chi connectivity index (χ1n) is 7.79. The first-order valence-corrected chi connectivity index (χ1v) is 8.17. The standard InChI is InChI=1S/C17H20ClFN4/c1-22(17-20-7-3-8-21-17)14-4-2-9-23(12-14)11-13-5-6-15(18)16(19)10-13/h3,5-8,10,14H,2,4,9,11-12H2,1H3. The van der Waals surface area contributed by atoms with Gasteiger partial charge in [-0.3, -0.25) is 4.90 Å². The highest BCUT2D eigenvalue weighted by molar-refractivity contribution is 6.30. The normalized spacial score (nSPS) is 18.8. The van der Waals surface area contributed by atoms with Crippen molar-refractivity contribution >= 4 is 17.5 Å². The number of hydrogen-bond donors (Lipinski definition) is 0.